The van der Waals surface area contributed by atoms with Crippen LogP contribution in [0.4, 0.5) is 0 Å². The van der Waals surface area contributed by atoms with Gasteiger partial charge in [0.05, 0.1) is 13.2 Å². The van der Waals surface area contributed by atoms with E-state index in [0.717, 1.165) is 0 Å². The fourth-order valence-electron chi connectivity index (χ4n) is 0.817. The van der Waals surface area contributed by atoms with Gasteiger partial charge in [0.15, 0.2) is 0 Å². The quantitative estimate of drug-likeness (QED) is 0.327. The molecule has 0 saturated carbocycles. The Bertz CT molecular complexity index is 257. The summed E-state index contributed by atoms with van der Waals surface area (Å²) >= 11 is 11.3. The average Bonchev–Trinajstić information content (AvgIpc) is 2.31. The molecule has 17 heavy (non-hydrogen) atoms. The van der Waals surface area contributed by atoms with Gasteiger partial charge >= 0.3 is 7.82 Å². The molecule has 0 aliphatic carbocycles. The highest BCUT2D eigenvalue weighted by Gasteiger charge is 2.29. The second-order valence-corrected chi connectivity index (χ2v) is 5.45. The first-order valence-corrected chi connectivity index (χ1v) is 7.50. The molecule has 0 aliphatic heterocycles. The van der Waals surface area contributed by atoms with Crippen LogP contribution in [0.2, 0.25) is 0 Å². The van der Waals surface area contributed by atoms with Crippen LogP contribution in [0, 0.1) is 0 Å². The number of hydrogen-bond acceptors (Lipinski definition) is 4. The van der Waals surface area contributed by atoms with Crippen LogP contribution in [0.1, 0.15) is 12.8 Å². The zero-order valence-corrected chi connectivity index (χ0v) is 11.9. The molecule has 7 heteroatoms. The standard InChI is InChI=1S/C10H17Cl2O4P/c1-3-8-14-17(13,15-9-4-2)16-10(12)6-5-7-11/h3-4,10H,1-2,5-9H2. The SMILES string of the molecule is C=CCOP(=O)(OCC=C)OC(Cl)CCCCl. The third-order valence-electron chi connectivity index (χ3n) is 1.51. The van der Waals surface area contributed by atoms with Gasteiger partial charge in [-0.3, -0.25) is 13.6 Å². The lowest BCUT2D eigenvalue weighted by molar-refractivity contribution is 0.116. The van der Waals surface area contributed by atoms with E-state index in [1.165, 1.54) is 12.2 Å². The van der Waals surface area contributed by atoms with E-state index in [4.69, 9.17) is 36.8 Å². The molecule has 0 aromatic rings. The normalized spacial score (nSPS) is 13.3. The Morgan fingerprint density at radius 3 is 2.18 bits per heavy atom. The fourth-order valence-corrected chi connectivity index (χ4v) is 2.58. The maximum atomic E-state index is 12.0. The number of halogens is 2. The van der Waals surface area contributed by atoms with Crippen LogP contribution >= 0.6 is 31.0 Å². The number of hydrogen-bond donors (Lipinski definition) is 0. The topological polar surface area (TPSA) is 44.8 Å². The Morgan fingerprint density at radius 1 is 1.24 bits per heavy atom. The van der Waals surface area contributed by atoms with Gasteiger partial charge in [-0.25, -0.2) is 4.57 Å². The Kier molecular flexibility index (Phi) is 10.2. The van der Waals surface area contributed by atoms with E-state index in [0.29, 0.717) is 18.7 Å². The van der Waals surface area contributed by atoms with Gasteiger partial charge in [0.1, 0.15) is 5.56 Å². The number of phosphoric ester groups is 1. The molecule has 0 amide bonds. The Balaban J connectivity index is 4.29. The first kappa shape index (κ1) is 17.2. The fraction of sp³-hybridized carbons (Fsp3) is 0.600. The van der Waals surface area contributed by atoms with Crippen molar-refractivity contribution in [1.82, 2.24) is 0 Å². The summed E-state index contributed by atoms with van der Waals surface area (Å²) in [7, 11) is -3.67. The first-order chi connectivity index (χ1) is 8.08. The summed E-state index contributed by atoms with van der Waals surface area (Å²) in [5, 5.41) is 0. The van der Waals surface area contributed by atoms with Gasteiger partial charge in [0, 0.05) is 5.88 Å². The zero-order chi connectivity index (χ0) is 13.1. The molecule has 0 rings (SSSR count). The molecule has 0 radical (unpaired) electrons. The monoisotopic (exact) mass is 302 g/mol. The van der Waals surface area contributed by atoms with Crippen LogP contribution in [0.3, 0.4) is 0 Å². The lowest BCUT2D eigenvalue weighted by Crippen LogP contribution is -2.08. The number of rotatable bonds is 11. The average molecular weight is 303 g/mol. The molecule has 0 aromatic heterocycles. The van der Waals surface area contributed by atoms with Crippen molar-refractivity contribution in [3.63, 3.8) is 0 Å². The predicted molar refractivity (Wildman–Crippen MR) is 70.6 cm³/mol. The number of alkyl halides is 2. The van der Waals surface area contributed by atoms with Gasteiger partial charge < -0.3 is 0 Å². The Hall–Kier alpha value is 0.170. The van der Waals surface area contributed by atoms with Crippen LogP contribution in [0.5, 0.6) is 0 Å². The summed E-state index contributed by atoms with van der Waals surface area (Å²) in [4.78, 5) is 0. The van der Waals surface area contributed by atoms with E-state index >= 15 is 0 Å². The molecule has 0 heterocycles. The van der Waals surface area contributed by atoms with E-state index in [2.05, 4.69) is 13.2 Å². The Labute approximate surface area is 112 Å². The van der Waals surface area contributed by atoms with Crippen molar-refractivity contribution in [2.75, 3.05) is 19.1 Å². The van der Waals surface area contributed by atoms with Crippen LogP contribution in [0.15, 0.2) is 25.3 Å². The van der Waals surface area contributed by atoms with Crippen molar-refractivity contribution in [1.29, 1.82) is 0 Å². The summed E-state index contributed by atoms with van der Waals surface area (Å²) < 4.78 is 27.0. The molecule has 1 unspecified atom stereocenters. The minimum absolute atomic E-state index is 0.0491. The Morgan fingerprint density at radius 2 is 1.76 bits per heavy atom. The third-order valence-corrected chi connectivity index (χ3v) is 3.65. The van der Waals surface area contributed by atoms with E-state index < -0.39 is 13.4 Å². The molecule has 0 bridgehead atoms. The van der Waals surface area contributed by atoms with Gasteiger partial charge in [0.2, 0.25) is 0 Å². The molecule has 4 nitrogen and oxygen atoms in total. The molecule has 1 atom stereocenters. The maximum Gasteiger partial charge on any atom is 0.476 e. The lowest BCUT2D eigenvalue weighted by Gasteiger charge is -2.19. The van der Waals surface area contributed by atoms with Crippen molar-refractivity contribution >= 4 is 31.0 Å². The lowest BCUT2D eigenvalue weighted by atomic mass is 10.4. The van der Waals surface area contributed by atoms with E-state index in [-0.39, 0.29) is 13.2 Å². The van der Waals surface area contributed by atoms with E-state index in [1.54, 1.807) is 0 Å². The molecular formula is C10H17Cl2O4P. The van der Waals surface area contributed by atoms with Crippen LogP contribution in [-0.4, -0.2) is 24.7 Å². The van der Waals surface area contributed by atoms with Crippen molar-refractivity contribution < 1.29 is 18.1 Å². The summed E-state index contributed by atoms with van der Waals surface area (Å²) in [5.41, 5.74) is -0.769. The summed E-state index contributed by atoms with van der Waals surface area (Å²) in [6.45, 7) is 6.99. The van der Waals surface area contributed by atoms with E-state index in [9.17, 15) is 4.57 Å². The molecule has 0 N–H and O–H groups in total. The van der Waals surface area contributed by atoms with Gasteiger partial charge in [-0.1, -0.05) is 23.8 Å². The van der Waals surface area contributed by atoms with Gasteiger partial charge in [-0.05, 0) is 12.8 Å². The molecule has 100 valence electrons. The number of phosphoric acid groups is 1. The van der Waals surface area contributed by atoms with Crippen molar-refractivity contribution in [3.05, 3.63) is 25.3 Å². The molecule has 0 spiro atoms. The van der Waals surface area contributed by atoms with Crippen molar-refractivity contribution in [2.45, 2.75) is 18.4 Å². The zero-order valence-electron chi connectivity index (χ0n) is 9.52. The highest BCUT2D eigenvalue weighted by Crippen LogP contribution is 2.51. The summed E-state index contributed by atoms with van der Waals surface area (Å²) in [6, 6.07) is 0. The summed E-state index contributed by atoms with van der Waals surface area (Å²) in [6.07, 6.45) is 3.99. The second-order valence-electron chi connectivity index (χ2n) is 2.96. The molecule has 0 aromatic carbocycles. The van der Waals surface area contributed by atoms with Gasteiger partial charge in [-0.15, -0.1) is 24.8 Å². The van der Waals surface area contributed by atoms with Gasteiger partial charge in [0.25, 0.3) is 0 Å². The van der Waals surface area contributed by atoms with Gasteiger partial charge in [-0.2, -0.15) is 0 Å². The highest BCUT2D eigenvalue weighted by molar-refractivity contribution is 7.48. The van der Waals surface area contributed by atoms with E-state index in [1.807, 2.05) is 0 Å². The third kappa shape index (κ3) is 8.83. The van der Waals surface area contributed by atoms with Crippen molar-refractivity contribution in [3.8, 4) is 0 Å². The second kappa shape index (κ2) is 10.1. The highest BCUT2D eigenvalue weighted by atomic mass is 35.5. The largest absolute Gasteiger partial charge is 0.476 e. The summed E-state index contributed by atoms with van der Waals surface area (Å²) in [5.74, 6) is 0.456. The minimum Gasteiger partial charge on any atom is -0.283 e. The smallest absolute Gasteiger partial charge is 0.283 e. The minimum atomic E-state index is -3.67. The molecular weight excluding hydrogens is 286 g/mol. The van der Waals surface area contributed by atoms with Crippen LogP contribution < -0.4 is 0 Å². The molecule has 0 aliphatic rings. The van der Waals surface area contributed by atoms with Crippen LogP contribution in [0.25, 0.3) is 0 Å². The van der Waals surface area contributed by atoms with Crippen molar-refractivity contribution in [2.24, 2.45) is 0 Å². The molecule has 0 saturated heterocycles. The first-order valence-electron chi connectivity index (χ1n) is 5.07. The maximum absolute atomic E-state index is 12.0. The predicted octanol–water partition coefficient (Wildman–Crippen LogP) is 4.10. The molecule has 0 fully saturated rings. The van der Waals surface area contributed by atoms with Crippen LogP contribution in [-0.2, 0) is 18.1 Å².